The van der Waals surface area contributed by atoms with Crippen molar-refractivity contribution in [1.82, 2.24) is 15.6 Å². The number of oxazole rings is 1. The Balaban J connectivity index is 0.00000225. The molecule has 0 bridgehead atoms. The van der Waals surface area contributed by atoms with E-state index in [-0.39, 0.29) is 24.0 Å². The highest BCUT2D eigenvalue weighted by Gasteiger charge is 2.29. The number of guanidine groups is 1. The van der Waals surface area contributed by atoms with Crippen LogP contribution in [-0.2, 0) is 6.54 Å². The molecule has 3 rings (SSSR count). The third-order valence-electron chi connectivity index (χ3n) is 4.16. The lowest BCUT2D eigenvalue weighted by molar-refractivity contribution is 0.571. The van der Waals surface area contributed by atoms with Crippen LogP contribution in [-0.4, -0.2) is 35.0 Å². The first-order valence-electron chi connectivity index (χ1n) is 8.27. The van der Waals surface area contributed by atoms with E-state index in [1.165, 1.54) is 18.6 Å². The Morgan fingerprint density at radius 3 is 2.80 bits per heavy atom. The van der Waals surface area contributed by atoms with Crippen LogP contribution in [0.25, 0.3) is 11.5 Å². The maximum atomic E-state index is 5.56. The van der Waals surface area contributed by atoms with Crippen LogP contribution in [0.3, 0.4) is 0 Å². The molecule has 136 valence electrons. The molecule has 1 aromatic carbocycles. The van der Waals surface area contributed by atoms with Gasteiger partial charge < -0.3 is 15.1 Å². The van der Waals surface area contributed by atoms with Gasteiger partial charge in [0.1, 0.15) is 6.26 Å². The summed E-state index contributed by atoms with van der Waals surface area (Å²) in [6.07, 6.45) is 4.25. The van der Waals surface area contributed by atoms with Crippen LogP contribution in [0.2, 0.25) is 0 Å². The fourth-order valence-corrected chi connectivity index (χ4v) is 3.99. The SMILES string of the molecule is CN=C(NCc1coc(-c2ccccc2)n1)NCC1(C)CCCS1.I. The molecule has 2 N–H and O–H groups in total. The zero-order chi connectivity index (χ0) is 16.8. The first-order valence-corrected chi connectivity index (χ1v) is 9.25. The molecule has 5 nitrogen and oxygen atoms in total. The van der Waals surface area contributed by atoms with E-state index in [1.54, 1.807) is 13.3 Å². The molecule has 1 aromatic heterocycles. The average Bonchev–Trinajstić information content (AvgIpc) is 3.26. The Hall–Kier alpha value is -1.22. The Morgan fingerprint density at radius 2 is 2.12 bits per heavy atom. The second-order valence-electron chi connectivity index (χ2n) is 6.19. The maximum absolute atomic E-state index is 5.56. The zero-order valence-corrected chi connectivity index (χ0v) is 17.8. The summed E-state index contributed by atoms with van der Waals surface area (Å²) in [6, 6.07) is 9.91. The monoisotopic (exact) mass is 472 g/mol. The molecule has 1 aliphatic heterocycles. The summed E-state index contributed by atoms with van der Waals surface area (Å²) in [7, 11) is 1.79. The minimum atomic E-state index is 0. The summed E-state index contributed by atoms with van der Waals surface area (Å²) in [5.74, 6) is 2.70. The van der Waals surface area contributed by atoms with Crippen molar-refractivity contribution in [2.75, 3.05) is 19.3 Å². The molecule has 2 aromatic rings. The van der Waals surface area contributed by atoms with Crippen molar-refractivity contribution in [2.24, 2.45) is 4.99 Å². The number of halogens is 1. The standard InChI is InChI=1S/C18H24N4OS.HI/c1-18(9-6-10-24-18)13-21-17(19-2)20-11-15-12-23-16(22-15)14-7-4-3-5-8-14;/h3-5,7-8,12H,6,9-11,13H2,1-2H3,(H2,19,20,21);1H. The highest BCUT2D eigenvalue weighted by molar-refractivity contribution is 14.0. The van der Waals surface area contributed by atoms with E-state index in [0.29, 0.717) is 17.2 Å². The lowest BCUT2D eigenvalue weighted by atomic mass is 10.1. The number of thioether (sulfide) groups is 1. The van der Waals surface area contributed by atoms with E-state index in [2.05, 4.69) is 27.5 Å². The minimum absolute atomic E-state index is 0. The van der Waals surface area contributed by atoms with E-state index >= 15 is 0 Å². The molecule has 1 fully saturated rings. The molecule has 0 saturated carbocycles. The average molecular weight is 472 g/mol. The normalized spacial score (nSPS) is 20.2. The quantitative estimate of drug-likeness (QED) is 0.393. The summed E-state index contributed by atoms with van der Waals surface area (Å²) in [6.45, 7) is 3.82. The number of hydrogen-bond donors (Lipinski definition) is 2. The molecular formula is C18H25IN4OS. The molecule has 2 heterocycles. The van der Waals surface area contributed by atoms with Crippen molar-refractivity contribution in [3.63, 3.8) is 0 Å². The van der Waals surface area contributed by atoms with Gasteiger partial charge in [0.15, 0.2) is 5.96 Å². The van der Waals surface area contributed by atoms with Crippen molar-refractivity contribution in [3.05, 3.63) is 42.3 Å². The van der Waals surface area contributed by atoms with Gasteiger partial charge in [-0.15, -0.1) is 24.0 Å². The molecule has 0 spiro atoms. The summed E-state index contributed by atoms with van der Waals surface area (Å²) in [5, 5.41) is 6.72. The number of aromatic nitrogens is 1. The van der Waals surface area contributed by atoms with Crippen molar-refractivity contribution in [2.45, 2.75) is 31.1 Å². The minimum Gasteiger partial charge on any atom is -0.444 e. The van der Waals surface area contributed by atoms with Crippen LogP contribution in [0.4, 0.5) is 0 Å². The molecule has 7 heteroatoms. The Labute approximate surface area is 170 Å². The van der Waals surface area contributed by atoms with Gasteiger partial charge in [-0.2, -0.15) is 11.8 Å². The predicted octanol–water partition coefficient (Wildman–Crippen LogP) is 3.91. The van der Waals surface area contributed by atoms with Crippen molar-refractivity contribution in [3.8, 4) is 11.5 Å². The predicted molar refractivity (Wildman–Crippen MR) is 116 cm³/mol. The van der Waals surface area contributed by atoms with Gasteiger partial charge in [0.2, 0.25) is 5.89 Å². The van der Waals surface area contributed by atoms with Gasteiger partial charge in [0, 0.05) is 23.9 Å². The fraction of sp³-hybridized carbons (Fsp3) is 0.444. The molecule has 1 atom stereocenters. The summed E-state index contributed by atoms with van der Waals surface area (Å²) in [4.78, 5) is 8.81. The van der Waals surface area contributed by atoms with Gasteiger partial charge in [-0.25, -0.2) is 4.98 Å². The molecule has 0 aliphatic carbocycles. The molecule has 25 heavy (non-hydrogen) atoms. The van der Waals surface area contributed by atoms with Gasteiger partial charge in [0.05, 0.1) is 12.2 Å². The van der Waals surface area contributed by atoms with Crippen LogP contribution in [0, 0.1) is 0 Å². The number of nitrogens with one attached hydrogen (secondary N) is 2. The smallest absolute Gasteiger partial charge is 0.226 e. The van der Waals surface area contributed by atoms with E-state index in [1.807, 2.05) is 42.1 Å². The third kappa shape index (κ3) is 5.64. The van der Waals surface area contributed by atoms with E-state index < -0.39 is 0 Å². The van der Waals surface area contributed by atoms with Gasteiger partial charge >= 0.3 is 0 Å². The van der Waals surface area contributed by atoms with Gasteiger partial charge in [-0.1, -0.05) is 18.2 Å². The lowest BCUT2D eigenvalue weighted by Gasteiger charge is -2.24. The maximum Gasteiger partial charge on any atom is 0.226 e. The number of benzene rings is 1. The number of nitrogens with zero attached hydrogens (tertiary/aromatic N) is 2. The number of aliphatic imine (C=N–C) groups is 1. The van der Waals surface area contributed by atoms with Crippen molar-refractivity contribution < 1.29 is 4.42 Å². The van der Waals surface area contributed by atoms with Gasteiger partial charge in [-0.05, 0) is 37.7 Å². The largest absolute Gasteiger partial charge is 0.444 e. The third-order valence-corrected chi connectivity index (χ3v) is 5.70. The molecular weight excluding hydrogens is 447 g/mol. The molecule has 1 unspecified atom stereocenters. The summed E-state index contributed by atoms with van der Waals surface area (Å²) >= 11 is 2.04. The number of hydrogen-bond acceptors (Lipinski definition) is 4. The second kappa shape index (κ2) is 9.47. The lowest BCUT2D eigenvalue weighted by Crippen LogP contribution is -2.43. The first kappa shape index (κ1) is 20.1. The first-order chi connectivity index (χ1) is 11.7. The van der Waals surface area contributed by atoms with E-state index in [4.69, 9.17) is 4.42 Å². The molecule has 0 radical (unpaired) electrons. The molecule has 1 saturated heterocycles. The summed E-state index contributed by atoms with van der Waals surface area (Å²) < 4.78 is 5.87. The van der Waals surface area contributed by atoms with Crippen LogP contribution in [0.1, 0.15) is 25.5 Å². The Bertz CT molecular complexity index is 683. The van der Waals surface area contributed by atoms with E-state index in [9.17, 15) is 0 Å². The van der Waals surface area contributed by atoms with E-state index in [0.717, 1.165) is 23.8 Å². The Morgan fingerprint density at radius 1 is 1.32 bits per heavy atom. The van der Waals surface area contributed by atoms with Crippen LogP contribution < -0.4 is 10.6 Å². The summed E-state index contributed by atoms with van der Waals surface area (Å²) in [5.41, 5.74) is 1.84. The zero-order valence-electron chi connectivity index (χ0n) is 14.6. The van der Waals surface area contributed by atoms with Crippen LogP contribution >= 0.6 is 35.7 Å². The fourth-order valence-electron chi connectivity index (χ4n) is 2.74. The molecule has 0 amide bonds. The van der Waals surface area contributed by atoms with Gasteiger partial charge in [-0.3, -0.25) is 4.99 Å². The van der Waals surface area contributed by atoms with Crippen LogP contribution in [0.15, 0.2) is 46.0 Å². The molecule has 1 aliphatic rings. The number of rotatable bonds is 5. The van der Waals surface area contributed by atoms with Crippen molar-refractivity contribution >= 4 is 41.7 Å². The van der Waals surface area contributed by atoms with Crippen molar-refractivity contribution in [1.29, 1.82) is 0 Å². The highest BCUT2D eigenvalue weighted by atomic mass is 127. The highest BCUT2D eigenvalue weighted by Crippen LogP contribution is 2.36. The van der Waals surface area contributed by atoms with Crippen LogP contribution in [0.5, 0.6) is 0 Å². The second-order valence-corrected chi connectivity index (χ2v) is 7.87. The Kier molecular flexibility index (Phi) is 7.61. The van der Waals surface area contributed by atoms with Gasteiger partial charge in [0.25, 0.3) is 0 Å². The topological polar surface area (TPSA) is 62.5 Å².